The van der Waals surface area contributed by atoms with Gasteiger partial charge in [0.2, 0.25) is 0 Å². The molecule has 0 aromatic heterocycles. The van der Waals surface area contributed by atoms with Gasteiger partial charge in [-0.15, -0.1) is 0 Å². The van der Waals surface area contributed by atoms with Crippen LogP contribution in [-0.4, -0.2) is 30.3 Å². The van der Waals surface area contributed by atoms with E-state index in [1.165, 1.54) is 0 Å². The number of ether oxygens (including phenoxy) is 3. The van der Waals surface area contributed by atoms with Crippen molar-refractivity contribution in [3.63, 3.8) is 0 Å². The average Bonchev–Trinajstić information content (AvgIpc) is 2.61. The van der Waals surface area contributed by atoms with Gasteiger partial charge in [-0.1, -0.05) is 0 Å². The zero-order valence-electron chi connectivity index (χ0n) is 14.6. The van der Waals surface area contributed by atoms with Gasteiger partial charge in [0.15, 0.2) is 16.6 Å². The maximum absolute atomic E-state index is 12.3. The van der Waals surface area contributed by atoms with Crippen molar-refractivity contribution in [2.24, 2.45) is 0 Å². The molecule has 2 aromatic rings. The first kappa shape index (κ1) is 18.0. The fourth-order valence-corrected chi connectivity index (χ4v) is 2.63. The Morgan fingerprint density at radius 3 is 2.46 bits per heavy atom. The number of nitrogens with one attached hydrogen (secondary N) is 2. The molecule has 0 aliphatic carbocycles. The van der Waals surface area contributed by atoms with Crippen LogP contribution in [0.15, 0.2) is 42.5 Å². The Labute approximate surface area is 157 Å². The van der Waals surface area contributed by atoms with Crippen LogP contribution >= 0.6 is 12.2 Å². The van der Waals surface area contributed by atoms with Crippen LogP contribution in [0.4, 0.5) is 5.69 Å². The van der Waals surface area contributed by atoms with Crippen LogP contribution < -0.4 is 24.8 Å². The molecule has 0 unspecified atom stereocenters. The van der Waals surface area contributed by atoms with E-state index in [4.69, 9.17) is 26.4 Å². The largest absolute Gasteiger partial charge is 0.491 e. The Hall–Kier alpha value is -2.80. The monoisotopic (exact) mass is 372 g/mol. The summed E-state index contributed by atoms with van der Waals surface area (Å²) in [6.45, 7) is 4.94. The van der Waals surface area contributed by atoms with Gasteiger partial charge in [-0.05, 0) is 62.5 Å². The van der Waals surface area contributed by atoms with Crippen molar-refractivity contribution in [2.45, 2.75) is 20.0 Å². The van der Waals surface area contributed by atoms with Gasteiger partial charge in [0.1, 0.15) is 19.0 Å². The Morgan fingerprint density at radius 2 is 1.77 bits per heavy atom. The molecule has 136 valence electrons. The number of hydrogen-bond acceptors (Lipinski definition) is 5. The highest BCUT2D eigenvalue weighted by molar-refractivity contribution is 7.80. The van der Waals surface area contributed by atoms with Gasteiger partial charge in [-0.25, -0.2) is 0 Å². The van der Waals surface area contributed by atoms with Crippen LogP contribution in [0.1, 0.15) is 24.2 Å². The molecule has 1 aliphatic rings. The number of anilines is 1. The number of benzene rings is 2. The summed E-state index contributed by atoms with van der Waals surface area (Å²) in [4.78, 5) is 12.3. The van der Waals surface area contributed by atoms with Crippen molar-refractivity contribution in [1.29, 1.82) is 0 Å². The van der Waals surface area contributed by atoms with E-state index < -0.39 is 0 Å². The van der Waals surface area contributed by atoms with Crippen molar-refractivity contribution >= 4 is 28.9 Å². The Kier molecular flexibility index (Phi) is 5.58. The van der Waals surface area contributed by atoms with Crippen molar-refractivity contribution in [2.75, 3.05) is 18.5 Å². The van der Waals surface area contributed by atoms with E-state index in [0.29, 0.717) is 41.7 Å². The molecule has 0 saturated heterocycles. The molecule has 1 heterocycles. The van der Waals surface area contributed by atoms with Crippen molar-refractivity contribution in [1.82, 2.24) is 5.32 Å². The van der Waals surface area contributed by atoms with Crippen molar-refractivity contribution in [3.05, 3.63) is 48.0 Å². The van der Waals surface area contributed by atoms with E-state index in [2.05, 4.69) is 10.6 Å². The first-order valence-electron chi connectivity index (χ1n) is 8.30. The van der Waals surface area contributed by atoms with Gasteiger partial charge in [-0.3, -0.25) is 10.1 Å². The summed E-state index contributed by atoms with van der Waals surface area (Å²) in [5, 5.41) is 5.83. The molecule has 0 atom stereocenters. The minimum absolute atomic E-state index is 0.0810. The second-order valence-corrected chi connectivity index (χ2v) is 6.37. The zero-order valence-corrected chi connectivity index (χ0v) is 15.4. The first-order valence-corrected chi connectivity index (χ1v) is 8.71. The van der Waals surface area contributed by atoms with Crippen molar-refractivity contribution in [3.8, 4) is 17.2 Å². The lowest BCUT2D eigenvalue weighted by Crippen LogP contribution is -2.34. The Bertz CT molecular complexity index is 806. The molecular weight excluding hydrogens is 352 g/mol. The third-order valence-electron chi connectivity index (χ3n) is 3.52. The van der Waals surface area contributed by atoms with Crippen molar-refractivity contribution < 1.29 is 19.0 Å². The number of fused-ring (bicyclic) bond motifs is 1. The van der Waals surface area contributed by atoms with Crippen LogP contribution in [0, 0.1) is 0 Å². The summed E-state index contributed by atoms with van der Waals surface area (Å²) >= 11 is 5.21. The Balaban J connectivity index is 1.58. The SMILES string of the molecule is CC(C)Oc1ccc(C(=O)NC(=S)Nc2ccc3c(c2)OCCO3)cc1. The molecule has 3 rings (SSSR count). The fourth-order valence-electron chi connectivity index (χ4n) is 2.42. The number of carbonyl (C=O) groups is 1. The summed E-state index contributed by atoms with van der Waals surface area (Å²) < 4.78 is 16.6. The van der Waals surface area contributed by atoms with Crippen LogP contribution in [0.3, 0.4) is 0 Å². The van der Waals surface area contributed by atoms with Crippen LogP contribution in [0.25, 0.3) is 0 Å². The molecule has 2 N–H and O–H groups in total. The van der Waals surface area contributed by atoms with E-state index in [0.717, 1.165) is 0 Å². The molecule has 0 spiro atoms. The molecule has 6 nitrogen and oxygen atoms in total. The molecule has 1 aliphatic heterocycles. The van der Waals surface area contributed by atoms with E-state index in [9.17, 15) is 4.79 Å². The number of thiocarbonyl (C=S) groups is 1. The van der Waals surface area contributed by atoms with E-state index >= 15 is 0 Å². The highest BCUT2D eigenvalue weighted by atomic mass is 32.1. The predicted molar refractivity (Wildman–Crippen MR) is 103 cm³/mol. The van der Waals surface area contributed by atoms with Crippen LogP contribution in [-0.2, 0) is 0 Å². The molecule has 2 aromatic carbocycles. The molecule has 0 saturated carbocycles. The molecule has 0 radical (unpaired) electrons. The highest BCUT2D eigenvalue weighted by Gasteiger charge is 2.13. The maximum atomic E-state index is 12.3. The van der Waals surface area contributed by atoms with Gasteiger partial charge in [0, 0.05) is 17.3 Å². The molecule has 1 amide bonds. The van der Waals surface area contributed by atoms with Crippen LogP contribution in [0.2, 0.25) is 0 Å². The maximum Gasteiger partial charge on any atom is 0.257 e. The normalized spacial score (nSPS) is 12.4. The summed E-state index contributed by atoms with van der Waals surface area (Å²) in [5.41, 5.74) is 1.20. The number of carbonyl (C=O) groups excluding carboxylic acids is 1. The number of rotatable bonds is 4. The first-order chi connectivity index (χ1) is 12.5. The standard InChI is InChI=1S/C19H20N2O4S/c1-12(2)25-15-6-3-13(4-7-15)18(22)21-19(26)20-14-5-8-16-17(11-14)24-10-9-23-16/h3-8,11-12H,9-10H2,1-2H3,(H2,20,21,22,26). The number of hydrogen-bond donors (Lipinski definition) is 2. The number of amides is 1. The average molecular weight is 372 g/mol. The lowest BCUT2D eigenvalue weighted by Gasteiger charge is -2.19. The summed E-state index contributed by atoms with van der Waals surface area (Å²) in [5.74, 6) is 1.77. The molecule has 26 heavy (non-hydrogen) atoms. The van der Waals surface area contributed by atoms with Gasteiger partial charge in [0.05, 0.1) is 6.10 Å². The van der Waals surface area contributed by atoms with Gasteiger partial charge in [-0.2, -0.15) is 0 Å². The predicted octanol–water partition coefficient (Wildman–Crippen LogP) is 3.37. The molecule has 0 fully saturated rings. The molecule has 0 bridgehead atoms. The quantitative estimate of drug-likeness (QED) is 0.802. The van der Waals surface area contributed by atoms with Gasteiger partial charge >= 0.3 is 0 Å². The van der Waals surface area contributed by atoms with E-state index in [1.54, 1.807) is 36.4 Å². The molecular formula is C19H20N2O4S. The summed E-state index contributed by atoms with van der Waals surface area (Å²) in [6, 6.07) is 12.3. The lowest BCUT2D eigenvalue weighted by atomic mass is 10.2. The third-order valence-corrected chi connectivity index (χ3v) is 3.72. The highest BCUT2D eigenvalue weighted by Crippen LogP contribution is 2.32. The summed E-state index contributed by atoms with van der Waals surface area (Å²) in [6.07, 6.45) is 0.0810. The second kappa shape index (κ2) is 8.05. The minimum atomic E-state index is -0.295. The molecule has 7 heteroatoms. The Morgan fingerprint density at radius 1 is 1.08 bits per heavy atom. The van der Waals surface area contributed by atoms with Gasteiger partial charge < -0.3 is 19.5 Å². The van der Waals surface area contributed by atoms with E-state index in [-0.39, 0.29) is 17.1 Å². The summed E-state index contributed by atoms with van der Waals surface area (Å²) in [7, 11) is 0. The smallest absolute Gasteiger partial charge is 0.257 e. The second-order valence-electron chi connectivity index (χ2n) is 5.96. The van der Waals surface area contributed by atoms with Crippen LogP contribution in [0.5, 0.6) is 17.2 Å². The van der Waals surface area contributed by atoms with Gasteiger partial charge in [0.25, 0.3) is 5.91 Å². The van der Waals surface area contributed by atoms with E-state index in [1.807, 2.05) is 19.9 Å². The lowest BCUT2D eigenvalue weighted by molar-refractivity contribution is 0.0977. The fraction of sp³-hybridized carbons (Fsp3) is 0.263. The zero-order chi connectivity index (χ0) is 18.5. The topological polar surface area (TPSA) is 68.8 Å². The third kappa shape index (κ3) is 4.64. The minimum Gasteiger partial charge on any atom is -0.491 e.